The molecule has 13 heteroatoms. The molecule has 3 aromatic carbocycles. The monoisotopic (exact) mass is 560 g/mol. The Labute approximate surface area is 222 Å². The fraction of sp³-hybridized carbons (Fsp3) is 0.0370. The Morgan fingerprint density at radius 1 is 0.700 bits per heavy atom. The molecule has 0 fully saturated rings. The number of carboxylic acids is 1. The van der Waals surface area contributed by atoms with Gasteiger partial charge in [0.05, 0.1) is 12.4 Å². The van der Waals surface area contributed by atoms with Crippen LogP contribution in [0.15, 0.2) is 85.2 Å². The molecule has 40 heavy (non-hydrogen) atoms. The van der Waals surface area contributed by atoms with Crippen molar-refractivity contribution in [1.82, 2.24) is 19.9 Å². The van der Waals surface area contributed by atoms with E-state index in [1.165, 1.54) is 66.9 Å². The Hall–Kier alpha value is -5.20. The van der Waals surface area contributed by atoms with Gasteiger partial charge >= 0.3 is 12.1 Å². The minimum Gasteiger partial charge on any atom is -0.477 e. The normalized spacial score (nSPS) is 10.6. The van der Waals surface area contributed by atoms with Gasteiger partial charge in [-0.2, -0.15) is 13.2 Å². The van der Waals surface area contributed by atoms with Crippen LogP contribution in [0.3, 0.4) is 0 Å². The average Bonchev–Trinajstić information content (AvgIpc) is 3.62. The topological polar surface area (TPSA) is 112 Å². The number of alkyl halides is 3. The summed E-state index contributed by atoms with van der Waals surface area (Å²) in [5.74, 6) is -1.72. The second-order valence-electron chi connectivity index (χ2n) is 7.78. The van der Waals surface area contributed by atoms with Gasteiger partial charge in [-0.1, -0.05) is 0 Å². The zero-order valence-electron chi connectivity index (χ0n) is 20.1. The highest BCUT2D eigenvalue weighted by Gasteiger charge is 2.33. The SMILES string of the molecule is Fc1ccc(-c2ncc(C(F)(F)F)[nH]2)cc1.O=C(O)c1cnc(-c2ccc(F)cc2)[nH]1.O=Cc1ccc(F)cc1. The number of halogens is 6. The smallest absolute Gasteiger partial charge is 0.432 e. The molecule has 5 aromatic rings. The van der Waals surface area contributed by atoms with Crippen LogP contribution >= 0.6 is 0 Å². The molecule has 0 bridgehead atoms. The number of hydrogen-bond acceptors (Lipinski definition) is 4. The number of benzene rings is 3. The van der Waals surface area contributed by atoms with Crippen molar-refractivity contribution in [2.75, 3.05) is 0 Å². The standard InChI is InChI=1S/C10H6F4N2.C10H7FN2O2.C7H5FO/c11-7-3-1-6(2-4-7)9-15-5-8(16-9)10(12,13)14;11-7-3-1-6(2-4-7)9-12-5-8(13-9)10(14)15;8-7-3-1-6(5-9)2-4-7/h1-5H,(H,15,16);1-5H,(H,12,13)(H,14,15);1-5H. The van der Waals surface area contributed by atoms with Gasteiger partial charge in [-0.25, -0.2) is 27.9 Å². The zero-order chi connectivity index (χ0) is 29.3. The molecule has 0 unspecified atom stereocenters. The molecule has 0 aliphatic heterocycles. The number of carbonyl (C=O) groups is 2. The van der Waals surface area contributed by atoms with Crippen molar-refractivity contribution in [1.29, 1.82) is 0 Å². The molecule has 3 N–H and O–H groups in total. The fourth-order valence-electron chi connectivity index (χ4n) is 2.95. The van der Waals surface area contributed by atoms with Crippen LogP contribution in [0.5, 0.6) is 0 Å². The maximum Gasteiger partial charge on any atom is 0.432 e. The van der Waals surface area contributed by atoms with Crippen molar-refractivity contribution in [2.24, 2.45) is 0 Å². The molecule has 5 rings (SSSR count). The van der Waals surface area contributed by atoms with Gasteiger partial charge in [0.1, 0.15) is 46.8 Å². The molecule has 0 saturated carbocycles. The molecule has 2 aromatic heterocycles. The summed E-state index contributed by atoms with van der Waals surface area (Å²) < 4.78 is 74.1. The molecule has 0 saturated heterocycles. The van der Waals surface area contributed by atoms with E-state index in [9.17, 15) is 35.9 Å². The highest BCUT2D eigenvalue weighted by atomic mass is 19.4. The molecule has 0 aliphatic rings. The minimum absolute atomic E-state index is 0.00863. The molecule has 0 amide bonds. The first-order valence-corrected chi connectivity index (χ1v) is 11.1. The third kappa shape index (κ3) is 8.41. The van der Waals surface area contributed by atoms with E-state index in [0.29, 0.717) is 35.0 Å². The molecule has 2 heterocycles. The Bertz CT molecular complexity index is 1550. The van der Waals surface area contributed by atoms with E-state index in [0.717, 1.165) is 12.1 Å². The number of nitrogens with zero attached hydrogens (tertiary/aromatic N) is 2. The number of imidazole rings is 2. The summed E-state index contributed by atoms with van der Waals surface area (Å²) in [4.78, 5) is 32.8. The number of aldehydes is 1. The van der Waals surface area contributed by atoms with Crippen molar-refractivity contribution < 1.29 is 41.0 Å². The van der Waals surface area contributed by atoms with Crippen LogP contribution < -0.4 is 0 Å². The number of hydrogen-bond donors (Lipinski definition) is 3. The van der Waals surface area contributed by atoms with E-state index in [1.807, 2.05) is 0 Å². The molecule has 0 aliphatic carbocycles. The number of H-pyrrole nitrogens is 2. The molecule has 0 atom stereocenters. The van der Waals surface area contributed by atoms with Gasteiger partial charge in [-0.05, 0) is 72.8 Å². The number of aromatic carboxylic acids is 1. The Morgan fingerprint density at radius 2 is 1.12 bits per heavy atom. The third-order valence-electron chi connectivity index (χ3n) is 4.93. The maximum atomic E-state index is 12.6. The fourth-order valence-corrected chi connectivity index (χ4v) is 2.95. The lowest BCUT2D eigenvalue weighted by Gasteiger charge is -2.01. The molecule has 0 spiro atoms. The minimum atomic E-state index is -4.45. The van der Waals surface area contributed by atoms with Gasteiger partial charge < -0.3 is 15.1 Å². The quantitative estimate of drug-likeness (QED) is 0.166. The van der Waals surface area contributed by atoms with Gasteiger partial charge in [0.15, 0.2) is 0 Å². The lowest BCUT2D eigenvalue weighted by molar-refractivity contribution is -0.140. The zero-order valence-corrected chi connectivity index (χ0v) is 20.1. The number of carbonyl (C=O) groups excluding carboxylic acids is 1. The van der Waals surface area contributed by atoms with E-state index < -0.39 is 23.7 Å². The Morgan fingerprint density at radius 3 is 1.50 bits per heavy atom. The Balaban J connectivity index is 0.000000172. The van der Waals surface area contributed by atoms with Crippen molar-refractivity contribution in [3.8, 4) is 22.8 Å². The van der Waals surface area contributed by atoms with E-state index in [1.54, 1.807) is 0 Å². The lowest BCUT2D eigenvalue weighted by atomic mass is 10.2. The predicted octanol–water partition coefficient (Wildman–Crippen LogP) is 6.79. The molecule has 0 radical (unpaired) electrons. The number of carboxylic acid groups (broad SMARTS) is 1. The summed E-state index contributed by atoms with van der Waals surface area (Å²) >= 11 is 0. The lowest BCUT2D eigenvalue weighted by Crippen LogP contribution is -2.04. The highest BCUT2D eigenvalue weighted by Crippen LogP contribution is 2.29. The summed E-state index contributed by atoms with van der Waals surface area (Å²) in [5, 5.41) is 8.66. The van der Waals surface area contributed by atoms with Gasteiger partial charge in [-0.3, -0.25) is 4.79 Å². The number of aromatic amines is 2. The summed E-state index contributed by atoms with van der Waals surface area (Å²) in [6, 6.07) is 16.0. The van der Waals surface area contributed by atoms with Crippen molar-refractivity contribution in [2.45, 2.75) is 6.18 Å². The van der Waals surface area contributed by atoms with Crippen LogP contribution in [0.1, 0.15) is 26.5 Å². The van der Waals surface area contributed by atoms with Gasteiger partial charge in [-0.15, -0.1) is 0 Å². The second-order valence-corrected chi connectivity index (χ2v) is 7.78. The van der Waals surface area contributed by atoms with Gasteiger partial charge in [0.2, 0.25) is 0 Å². The van der Waals surface area contributed by atoms with Crippen LogP contribution in [-0.4, -0.2) is 37.3 Å². The molecular formula is C27H18F6N4O3. The van der Waals surface area contributed by atoms with Crippen LogP contribution in [0.2, 0.25) is 0 Å². The largest absolute Gasteiger partial charge is 0.477 e. The van der Waals surface area contributed by atoms with Crippen LogP contribution in [0, 0.1) is 17.5 Å². The first-order valence-electron chi connectivity index (χ1n) is 11.1. The first kappa shape index (κ1) is 29.4. The molecule has 7 nitrogen and oxygen atoms in total. The maximum absolute atomic E-state index is 12.6. The summed E-state index contributed by atoms with van der Waals surface area (Å²) in [6.45, 7) is 0. The van der Waals surface area contributed by atoms with Crippen molar-refractivity contribution in [3.05, 3.63) is 120 Å². The molecule has 206 valence electrons. The number of aromatic nitrogens is 4. The third-order valence-corrected chi connectivity index (χ3v) is 4.93. The van der Waals surface area contributed by atoms with E-state index >= 15 is 0 Å². The van der Waals surface area contributed by atoms with Gasteiger partial charge in [0, 0.05) is 16.7 Å². The summed E-state index contributed by atoms with van der Waals surface area (Å²) in [5.41, 5.74) is 0.623. The highest BCUT2D eigenvalue weighted by molar-refractivity contribution is 5.85. The Kier molecular flexibility index (Phi) is 9.57. The first-order chi connectivity index (χ1) is 19.0. The summed E-state index contributed by atoms with van der Waals surface area (Å²) in [6.07, 6.45) is -1.84. The van der Waals surface area contributed by atoms with E-state index in [2.05, 4.69) is 19.9 Å². The van der Waals surface area contributed by atoms with E-state index in [-0.39, 0.29) is 23.2 Å². The van der Waals surface area contributed by atoms with Crippen LogP contribution in [0.25, 0.3) is 22.8 Å². The van der Waals surface area contributed by atoms with Crippen molar-refractivity contribution in [3.63, 3.8) is 0 Å². The van der Waals surface area contributed by atoms with Crippen LogP contribution in [0.4, 0.5) is 26.3 Å². The summed E-state index contributed by atoms with van der Waals surface area (Å²) in [7, 11) is 0. The van der Waals surface area contributed by atoms with E-state index in [4.69, 9.17) is 5.11 Å². The average molecular weight is 560 g/mol. The number of rotatable bonds is 4. The van der Waals surface area contributed by atoms with Gasteiger partial charge in [0.25, 0.3) is 0 Å². The van der Waals surface area contributed by atoms with Crippen LogP contribution in [-0.2, 0) is 6.18 Å². The number of nitrogens with one attached hydrogen (secondary N) is 2. The van der Waals surface area contributed by atoms with Crippen molar-refractivity contribution >= 4 is 12.3 Å². The molecular weight excluding hydrogens is 542 g/mol. The second kappa shape index (κ2) is 13.0. The predicted molar refractivity (Wildman–Crippen MR) is 132 cm³/mol.